The van der Waals surface area contributed by atoms with E-state index in [1.165, 1.54) is 0 Å². The van der Waals surface area contributed by atoms with Crippen molar-refractivity contribution >= 4 is 40.0 Å². The Morgan fingerprint density at radius 2 is 1.66 bits per heavy atom. The van der Waals surface area contributed by atoms with Crippen LogP contribution in [0.15, 0.2) is 72.8 Å². The number of benzene rings is 3. The van der Waals surface area contributed by atoms with Gasteiger partial charge in [-0.05, 0) is 35.4 Å². The molecule has 0 radical (unpaired) electrons. The molecule has 0 saturated carbocycles. The molecule has 3 nitrogen and oxygen atoms in total. The maximum Gasteiger partial charge on any atom is 0.255 e. The van der Waals surface area contributed by atoms with Crippen molar-refractivity contribution in [3.05, 3.63) is 94.5 Å². The van der Waals surface area contributed by atoms with Gasteiger partial charge in [0.05, 0.1) is 11.7 Å². The van der Waals surface area contributed by atoms with E-state index in [0.29, 0.717) is 17.4 Å². The second kappa shape index (κ2) is 7.25. The molecule has 5 heteroatoms. The van der Waals surface area contributed by atoms with E-state index in [-0.39, 0.29) is 11.9 Å². The smallest absolute Gasteiger partial charge is 0.255 e. The van der Waals surface area contributed by atoms with E-state index in [4.69, 9.17) is 23.2 Å². The van der Waals surface area contributed by atoms with Crippen LogP contribution < -0.4 is 0 Å². The number of aromatic amines is 1. The summed E-state index contributed by atoms with van der Waals surface area (Å²) in [6.45, 7) is 0.485. The quantitative estimate of drug-likeness (QED) is 0.387. The minimum atomic E-state index is -0.195. The van der Waals surface area contributed by atoms with Crippen molar-refractivity contribution in [2.45, 2.75) is 6.04 Å². The molecule has 4 aromatic rings. The van der Waals surface area contributed by atoms with E-state index in [1.807, 2.05) is 65.6 Å². The summed E-state index contributed by atoms with van der Waals surface area (Å²) in [5.41, 5.74) is 5.92. The average molecular weight is 421 g/mol. The number of aromatic nitrogens is 1. The summed E-state index contributed by atoms with van der Waals surface area (Å²) < 4.78 is 0. The fourth-order valence-corrected chi connectivity index (χ4v) is 4.60. The lowest BCUT2D eigenvalue weighted by Gasteiger charge is -2.26. The van der Waals surface area contributed by atoms with Gasteiger partial charge in [0.15, 0.2) is 0 Å². The Balaban J connectivity index is 1.80. The zero-order chi connectivity index (χ0) is 20.0. The topological polar surface area (TPSA) is 36.1 Å². The fraction of sp³-hybridized carbons (Fsp3) is 0.125. The number of H-pyrrole nitrogens is 1. The summed E-state index contributed by atoms with van der Waals surface area (Å²) >= 11 is 12.2. The van der Waals surface area contributed by atoms with Crippen molar-refractivity contribution in [3.63, 3.8) is 0 Å². The fourth-order valence-electron chi connectivity index (χ4n) is 4.30. The molecule has 0 bridgehead atoms. The van der Waals surface area contributed by atoms with Crippen LogP contribution in [0.2, 0.25) is 5.02 Å². The van der Waals surface area contributed by atoms with Crippen LogP contribution in [0.1, 0.15) is 27.5 Å². The molecular weight excluding hydrogens is 403 g/mol. The number of hydrogen-bond donors (Lipinski definition) is 1. The number of rotatable bonds is 4. The number of alkyl halides is 1. The lowest BCUT2D eigenvalue weighted by Crippen LogP contribution is -2.30. The van der Waals surface area contributed by atoms with Gasteiger partial charge in [-0.1, -0.05) is 60.1 Å². The number of hydrogen-bond acceptors (Lipinski definition) is 1. The van der Waals surface area contributed by atoms with Crippen LogP contribution >= 0.6 is 23.2 Å². The van der Waals surface area contributed by atoms with Gasteiger partial charge in [0.25, 0.3) is 5.91 Å². The third-order valence-corrected chi connectivity index (χ3v) is 5.96. The molecule has 1 atom stereocenters. The van der Waals surface area contributed by atoms with Crippen molar-refractivity contribution in [1.82, 2.24) is 9.88 Å². The van der Waals surface area contributed by atoms with Crippen molar-refractivity contribution in [2.24, 2.45) is 0 Å². The minimum absolute atomic E-state index is 0.0265. The maximum absolute atomic E-state index is 13.2. The van der Waals surface area contributed by atoms with Crippen LogP contribution in [0.25, 0.3) is 22.2 Å². The first kappa shape index (κ1) is 18.3. The SMILES string of the molecule is O=C1c2ccccc2C(c2c(-c3ccc(Cl)cc3)[nH]c3ccccc23)N1CCCl. The van der Waals surface area contributed by atoms with Gasteiger partial charge in [-0.25, -0.2) is 0 Å². The summed E-state index contributed by atoms with van der Waals surface area (Å²) in [4.78, 5) is 18.6. The van der Waals surface area contributed by atoms with Crippen molar-refractivity contribution in [1.29, 1.82) is 0 Å². The summed E-state index contributed by atoms with van der Waals surface area (Å²) in [5, 5.41) is 1.79. The number of nitrogens with zero attached hydrogens (tertiary/aromatic N) is 1. The number of nitrogens with one attached hydrogen (secondary N) is 1. The van der Waals surface area contributed by atoms with E-state index in [9.17, 15) is 4.79 Å². The molecule has 2 heterocycles. The zero-order valence-corrected chi connectivity index (χ0v) is 17.0. The molecule has 0 aliphatic carbocycles. The van der Waals surface area contributed by atoms with Gasteiger partial charge in [-0.2, -0.15) is 0 Å². The van der Waals surface area contributed by atoms with Gasteiger partial charge in [-0.3, -0.25) is 4.79 Å². The molecule has 1 aliphatic heterocycles. The summed E-state index contributed by atoms with van der Waals surface area (Å²) in [5.74, 6) is 0.410. The van der Waals surface area contributed by atoms with Gasteiger partial charge < -0.3 is 9.88 Å². The Hall–Kier alpha value is -2.75. The number of amides is 1. The number of carbonyl (C=O) groups excluding carboxylic acids is 1. The van der Waals surface area contributed by atoms with E-state index >= 15 is 0 Å². The van der Waals surface area contributed by atoms with Gasteiger partial charge in [0.2, 0.25) is 0 Å². The highest BCUT2D eigenvalue weighted by Crippen LogP contribution is 2.45. The highest BCUT2D eigenvalue weighted by atomic mass is 35.5. The van der Waals surface area contributed by atoms with E-state index in [1.54, 1.807) is 0 Å². The van der Waals surface area contributed by atoms with Crippen LogP contribution in [-0.4, -0.2) is 28.2 Å². The molecule has 1 unspecified atom stereocenters. The van der Waals surface area contributed by atoms with Crippen LogP contribution in [0.3, 0.4) is 0 Å². The lowest BCUT2D eigenvalue weighted by molar-refractivity contribution is 0.0762. The molecule has 3 aromatic carbocycles. The number of halogens is 2. The first-order valence-electron chi connectivity index (χ1n) is 9.51. The molecule has 1 amide bonds. The summed E-state index contributed by atoms with van der Waals surface area (Å²) in [6.07, 6.45) is 0. The van der Waals surface area contributed by atoms with Crippen LogP contribution in [0.5, 0.6) is 0 Å². The van der Waals surface area contributed by atoms with Crippen molar-refractivity contribution < 1.29 is 4.79 Å². The Labute approximate surface area is 178 Å². The van der Waals surface area contributed by atoms with Crippen molar-refractivity contribution in [2.75, 3.05) is 12.4 Å². The number of para-hydroxylation sites is 1. The second-order valence-corrected chi connectivity index (χ2v) is 7.96. The molecule has 0 spiro atoms. The maximum atomic E-state index is 13.2. The average Bonchev–Trinajstić information content (AvgIpc) is 3.25. The standard InChI is InChI=1S/C24H18Cl2N2O/c25-13-14-28-23(17-5-1-2-6-18(17)24(28)29)21-19-7-3-4-8-20(19)27-22(21)15-9-11-16(26)12-10-15/h1-12,23,27H,13-14H2. The molecule has 29 heavy (non-hydrogen) atoms. The molecule has 0 fully saturated rings. The molecule has 0 saturated heterocycles. The minimum Gasteiger partial charge on any atom is -0.354 e. The van der Waals surface area contributed by atoms with Gasteiger partial charge >= 0.3 is 0 Å². The third-order valence-electron chi connectivity index (χ3n) is 5.54. The van der Waals surface area contributed by atoms with E-state index < -0.39 is 0 Å². The molecule has 1 aromatic heterocycles. The first-order valence-corrected chi connectivity index (χ1v) is 10.4. The second-order valence-electron chi connectivity index (χ2n) is 7.14. The lowest BCUT2D eigenvalue weighted by atomic mass is 9.93. The number of fused-ring (bicyclic) bond motifs is 2. The Kier molecular flexibility index (Phi) is 4.57. The highest BCUT2D eigenvalue weighted by Gasteiger charge is 2.39. The molecular formula is C24H18Cl2N2O. The summed E-state index contributed by atoms with van der Waals surface area (Å²) in [7, 11) is 0. The van der Waals surface area contributed by atoms with Gasteiger partial charge in [0.1, 0.15) is 0 Å². The van der Waals surface area contributed by atoms with Gasteiger partial charge in [0, 0.05) is 39.5 Å². The molecule has 5 rings (SSSR count). The summed E-state index contributed by atoms with van der Waals surface area (Å²) in [6, 6.07) is 23.6. The monoisotopic (exact) mass is 420 g/mol. The molecule has 1 N–H and O–H groups in total. The van der Waals surface area contributed by atoms with Crippen LogP contribution in [-0.2, 0) is 0 Å². The van der Waals surface area contributed by atoms with E-state index in [0.717, 1.165) is 38.9 Å². The Morgan fingerprint density at radius 3 is 2.45 bits per heavy atom. The largest absolute Gasteiger partial charge is 0.354 e. The third kappa shape index (κ3) is 2.93. The van der Waals surface area contributed by atoms with Gasteiger partial charge in [-0.15, -0.1) is 11.6 Å². The van der Waals surface area contributed by atoms with Crippen LogP contribution in [0, 0.1) is 0 Å². The predicted octanol–water partition coefficient (Wildman–Crippen LogP) is 6.27. The first-order chi connectivity index (χ1) is 14.2. The van der Waals surface area contributed by atoms with Crippen LogP contribution in [0.4, 0.5) is 0 Å². The number of carbonyl (C=O) groups is 1. The molecule has 1 aliphatic rings. The highest BCUT2D eigenvalue weighted by molar-refractivity contribution is 6.30. The molecule has 144 valence electrons. The predicted molar refractivity (Wildman–Crippen MR) is 119 cm³/mol. The van der Waals surface area contributed by atoms with E-state index in [2.05, 4.69) is 17.1 Å². The zero-order valence-electron chi connectivity index (χ0n) is 15.5. The normalized spacial score (nSPS) is 15.9. The van der Waals surface area contributed by atoms with Crippen molar-refractivity contribution in [3.8, 4) is 11.3 Å². The Morgan fingerprint density at radius 1 is 0.931 bits per heavy atom. The Bertz CT molecular complexity index is 1210.